The Morgan fingerprint density at radius 2 is 2.11 bits per heavy atom. The molecule has 28 heavy (non-hydrogen) atoms. The van der Waals surface area contributed by atoms with Crippen LogP contribution in [0.1, 0.15) is 81.0 Å². The molecule has 2 atom stereocenters. The average Bonchev–Trinajstić information content (AvgIpc) is 3.42. The molecule has 4 rings (SSSR count). The quantitative estimate of drug-likeness (QED) is 0.864. The van der Waals surface area contributed by atoms with Gasteiger partial charge in [-0.15, -0.1) is 0 Å². The van der Waals surface area contributed by atoms with E-state index in [0.717, 1.165) is 62.0 Å². The van der Waals surface area contributed by atoms with Gasteiger partial charge < -0.3 is 15.2 Å². The van der Waals surface area contributed by atoms with Gasteiger partial charge in [0.25, 0.3) is 11.6 Å². The number of fused-ring (bicyclic) bond motifs is 1. The summed E-state index contributed by atoms with van der Waals surface area (Å²) in [5, 5.41) is 5.10. The summed E-state index contributed by atoms with van der Waals surface area (Å²) in [6.45, 7) is 10.0. The summed E-state index contributed by atoms with van der Waals surface area (Å²) in [5.74, 6) is 0.873. The van der Waals surface area contributed by atoms with Crippen molar-refractivity contribution in [3.8, 4) is 0 Å². The molecule has 0 radical (unpaired) electrons. The van der Waals surface area contributed by atoms with E-state index in [1.807, 2.05) is 17.9 Å². The third-order valence-corrected chi connectivity index (χ3v) is 5.95. The minimum absolute atomic E-state index is 0.0461. The predicted octanol–water partition coefficient (Wildman–Crippen LogP) is 3.89. The summed E-state index contributed by atoms with van der Waals surface area (Å²) < 4.78 is 5.60. The molecule has 0 aromatic carbocycles. The topological polar surface area (TPSA) is 85.2 Å². The van der Waals surface area contributed by atoms with E-state index in [9.17, 15) is 4.79 Å². The van der Waals surface area contributed by atoms with Crippen LogP contribution in [-0.2, 0) is 6.42 Å². The van der Waals surface area contributed by atoms with E-state index in [0.29, 0.717) is 23.1 Å². The summed E-state index contributed by atoms with van der Waals surface area (Å²) in [6.07, 6.45) is 5.09. The van der Waals surface area contributed by atoms with Crippen molar-refractivity contribution in [3.05, 3.63) is 23.0 Å². The zero-order valence-electron chi connectivity index (χ0n) is 17.5. The van der Waals surface area contributed by atoms with Crippen LogP contribution in [0.25, 0.3) is 11.1 Å². The number of aromatic nitrogens is 2. The van der Waals surface area contributed by atoms with Gasteiger partial charge in [-0.2, -0.15) is 0 Å². The van der Waals surface area contributed by atoms with Crippen molar-refractivity contribution in [1.29, 1.82) is 0 Å². The first-order chi connectivity index (χ1) is 13.2. The Kier molecular flexibility index (Phi) is 4.94. The molecular weight excluding hydrogens is 352 g/mol. The molecule has 2 aromatic rings. The van der Waals surface area contributed by atoms with E-state index in [4.69, 9.17) is 15.2 Å². The monoisotopic (exact) mass is 384 g/mol. The Hall–Kier alpha value is -1.95. The van der Waals surface area contributed by atoms with E-state index in [2.05, 4.69) is 25.9 Å². The normalized spacial score (nSPS) is 21.9. The van der Waals surface area contributed by atoms with Crippen LogP contribution in [0.3, 0.4) is 0 Å². The number of hydrogen-bond acceptors (Lipinski definition) is 5. The lowest BCUT2D eigenvalue weighted by atomic mass is 9.88. The van der Waals surface area contributed by atoms with Crippen molar-refractivity contribution in [2.24, 2.45) is 17.1 Å². The number of rotatable bonds is 4. The van der Waals surface area contributed by atoms with Gasteiger partial charge in [0.1, 0.15) is 0 Å². The molecule has 1 aliphatic heterocycles. The van der Waals surface area contributed by atoms with Gasteiger partial charge in [-0.05, 0) is 56.4 Å². The fraction of sp³-hybridized carbons (Fsp3) is 0.682. The van der Waals surface area contributed by atoms with Gasteiger partial charge in [0.15, 0.2) is 0 Å². The Labute approximate surface area is 166 Å². The molecular formula is C22H32N4O2. The average molecular weight is 385 g/mol. The molecule has 6 nitrogen and oxygen atoms in total. The molecule has 1 amide bonds. The zero-order valence-corrected chi connectivity index (χ0v) is 17.5. The highest BCUT2D eigenvalue weighted by molar-refractivity contribution is 6.06. The van der Waals surface area contributed by atoms with Gasteiger partial charge in [-0.1, -0.05) is 25.9 Å². The maximum Gasteiger partial charge on any atom is 0.259 e. The molecule has 3 heterocycles. The second-order valence-corrected chi connectivity index (χ2v) is 9.93. The number of carbonyl (C=O) groups is 1. The Morgan fingerprint density at radius 3 is 2.75 bits per heavy atom. The standard InChI is InChI=1S/C22H32N4O2/c1-13(23)15-6-5-9-26(12-15)21(27)16-10-17(14-7-8-14)24-20-19(16)18(25-28-20)11-22(2,3)4/h10,13-15H,5-9,11-12,23H2,1-4H3. The molecule has 2 aliphatic rings. The zero-order chi connectivity index (χ0) is 20.1. The van der Waals surface area contributed by atoms with Crippen molar-refractivity contribution < 1.29 is 9.32 Å². The number of amides is 1. The van der Waals surface area contributed by atoms with Crippen LogP contribution in [-0.4, -0.2) is 40.1 Å². The fourth-order valence-electron chi connectivity index (χ4n) is 4.20. The van der Waals surface area contributed by atoms with Crippen molar-refractivity contribution in [1.82, 2.24) is 15.0 Å². The predicted molar refractivity (Wildman–Crippen MR) is 109 cm³/mol. The highest BCUT2D eigenvalue weighted by Gasteiger charge is 2.33. The van der Waals surface area contributed by atoms with Gasteiger partial charge in [0.2, 0.25) is 0 Å². The van der Waals surface area contributed by atoms with Crippen LogP contribution in [0.15, 0.2) is 10.6 Å². The Balaban J connectivity index is 1.75. The molecule has 1 saturated heterocycles. The van der Waals surface area contributed by atoms with Crippen molar-refractivity contribution in [3.63, 3.8) is 0 Å². The molecule has 2 unspecified atom stereocenters. The van der Waals surface area contributed by atoms with E-state index in [1.54, 1.807) is 0 Å². The van der Waals surface area contributed by atoms with Crippen LogP contribution in [0, 0.1) is 11.3 Å². The van der Waals surface area contributed by atoms with E-state index < -0.39 is 0 Å². The van der Waals surface area contributed by atoms with Crippen molar-refractivity contribution in [2.75, 3.05) is 13.1 Å². The SMILES string of the molecule is CC(N)C1CCCN(C(=O)c2cc(C3CC3)nc3onc(CC(C)(C)C)c23)C1. The Bertz CT molecular complexity index is 877. The molecule has 152 valence electrons. The minimum atomic E-state index is 0.0461. The van der Waals surface area contributed by atoms with Crippen LogP contribution >= 0.6 is 0 Å². The molecule has 1 saturated carbocycles. The first-order valence-corrected chi connectivity index (χ1v) is 10.6. The highest BCUT2D eigenvalue weighted by atomic mass is 16.5. The smallest absolute Gasteiger partial charge is 0.259 e. The molecule has 2 N–H and O–H groups in total. The summed E-state index contributed by atoms with van der Waals surface area (Å²) in [5.41, 5.74) is 9.20. The summed E-state index contributed by atoms with van der Waals surface area (Å²) in [7, 11) is 0. The first kappa shape index (κ1) is 19.4. The van der Waals surface area contributed by atoms with Crippen molar-refractivity contribution in [2.45, 2.75) is 71.8 Å². The van der Waals surface area contributed by atoms with Crippen LogP contribution in [0.2, 0.25) is 0 Å². The molecule has 2 fully saturated rings. The molecule has 0 bridgehead atoms. The number of nitrogens with two attached hydrogens (primary N) is 1. The number of likely N-dealkylation sites (tertiary alicyclic amines) is 1. The van der Waals surface area contributed by atoms with Gasteiger partial charge in [0.05, 0.1) is 16.6 Å². The maximum atomic E-state index is 13.6. The van der Waals surface area contributed by atoms with Crippen LogP contribution in [0.4, 0.5) is 0 Å². The molecule has 2 aromatic heterocycles. The summed E-state index contributed by atoms with van der Waals surface area (Å²) in [6, 6.07) is 2.10. The van der Waals surface area contributed by atoms with Crippen molar-refractivity contribution >= 4 is 17.0 Å². The number of pyridine rings is 1. The van der Waals surface area contributed by atoms with E-state index in [-0.39, 0.29) is 17.4 Å². The van der Waals surface area contributed by atoms with E-state index in [1.165, 1.54) is 0 Å². The van der Waals surface area contributed by atoms with Gasteiger partial charge in [-0.3, -0.25) is 4.79 Å². The van der Waals surface area contributed by atoms with E-state index >= 15 is 0 Å². The minimum Gasteiger partial charge on any atom is -0.338 e. The highest BCUT2D eigenvalue weighted by Crippen LogP contribution is 2.41. The van der Waals surface area contributed by atoms with Gasteiger partial charge in [-0.25, -0.2) is 4.98 Å². The second kappa shape index (κ2) is 7.14. The molecule has 6 heteroatoms. The first-order valence-electron chi connectivity index (χ1n) is 10.6. The lowest BCUT2D eigenvalue weighted by Crippen LogP contribution is -2.45. The second-order valence-electron chi connectivity index (χ2n) is 9.93. The van der Waals surface area contributed by atoms with Gasteiger partial charge in [0, 0.05) is 30.7 Å². The summed E-state index contributed by atoms with van der Waals surface area (Å²) >= 11 is 0. The number of piperidine rings is 1. The maximum absolute atomic E-state index is 13.6. The summed E-state index contributed by atoms with van der Waals surface area (Å²) in [4.78, 5) is 20.2. The third kappa shape index (κ3) is 3.93. The Morgan fingerprint density at radius 1 is 1.36 bits per heavy atom. The largest absolute Gasteiger partial charge is 0.338 e. The van der Waals surface area contributed by atoms with Crippen LogP contribution in [0.5, 0.6) is 0 Å². The molecule has 1 aliphatic carbocycles. The lowest BCUT2D eigenvalue weighted by molar-refractivity contribution is 0.0662. The number of carbonyl (C=O) groups excluding carboxylic acids is 1. The van der Waals surface area contributed by atoms with Gasteiger partial charge >= 0.3 is 0 Å². The number of nitrogens with zero attached hydrogens (tertiary/aromatic N) is 3. The molecule has 0 spiro atoms. The fourth-order valence-corrected chi connectivity index (χ4v) is 4.20. The third-order valence-electron chi connectivity index (χ3n) is 5.95. The number of hydrogen-bond donors (Lipinski definition) is 1. The van der Waals surface area contributed by atoms with Crippen LogP contribution < -0.4 is 5.73 Å². The lowest BCUT2D eigenvalue weighted by Gasteiger charge is -2.34.